The molecule has 0 aliphatic rings. The van der Waals surface area contributed by atoms with Gasteiger partial charge in [0.2, 0.25) is 0 Å². The highest BCUT2D eigenvalue weighted by molar-refractivity contribution is 6.95. The van der Waals surface area contributed by atoms with Gasteiger partial charge in [0.25, 0.3) is 0 Å². The Labute approximate surface area is 192 Å². The molecule has 0 bridgehead atoms. The average molecular weight is 428 g/mol. The average Bonchev–Trinajstić information content (AvgIpc) is 2.82. The van der Waals surface area contributed by atoms with Crippen molar-refractivity contribution in [2.45, 2.75) is 78.6 Å². The highest BCUT2D eigenvalue weighted by atomic mass is 28.3. The van der Waals surface area contributed by atoms with E-state index in [1.54, 1.807) is 0 Å². The van der Waals surface area contributed by atoms with Crippen LogP contribution in [-0.2, 0) is 19.3 Å². The summed E-state index contributed by atoms with van der Waals surface area (Å²) in [5, 5.41) is 4.48. The van der Waals surface area contributed by atoms with Crippen LogP contribution in [0.15, 0.2) is 72.8 Å². The Kier molecular flexibility index (Phi) is 9.62. The van der Waals surface area contributed by atoms with Gasteiger partial charge < -0.3 is 0 Å². The van der Waals surface area contributed by atoms with Crippen molar-refractivity contribution in [2.24, 2.45) is 0 Å². The van der Waals surface area contributed by atoms with Gasteiger partial charge in [0.05, 0.1) is 0 Å². The van der Waals surface area contributed by atoms with Gasteiger partial charge in [0.15, 0.2) is 8.80 Å². The lowest BCUT2D eigenvalue weighted by molar-refractivity contribution is 0.795. The molecule has 3 aromatic rings. The number of aryl methyl sites for hydroxylation is 3. The van der Waals surface area contributed by atoms with Gasteiger partial charge in [0.1, 0.15) is 0 Å². The van der Waals surface area contributed by atoms with E-state index in [0.29, 0.717) is 0 Å². The van der Waals surface area contributed by atoms with Gasteiger partial charge in [-0.3, -0.25) is 0 Å². The third-order valence-electron chi connectivity index (χ3n) is 6.18. The van der Waals surface area contributed by atoms with Crippen molar-refractivity contribution in [2.75, 3.05) is 0 Å². The van der Waals surface area contributed by atoms with Crippen molar-refractivity contribution in [1.82, 2.24) is 0 Å². The molecule has 0 fully saturated rings. The van der Waals surface area contributed by atoms with E-state index in [0.717, 1.165) is 0 Å². The summed E-state index contributed by atoms with van der Waals surface area (Å²) >= 11 is 0. The molecule has 1 radical (unpaired) electrons. The molecule has 0 nitrogen and oxygen atoms in total. The fourth-order valence-electron chi connectivity index (χ4n) is 4.16. The van der Waals surface area contributed by atoms with Crippen LogP contribution in [0.3, 0.4) is 0 Å². The van der Waals surface area contributed by atoms with Gasteiger partial charge in [0, 0.05) is 0 Å². The molecular formula is C30H39Si. The highest BCUT2D eigenvalue weighted by Crippen LogP contribution is 2.08. The Morgan fingerprint density at radius 3 is 0.903 bits per heavy atom. The second-order valence-electron chi connectivity index (χ2n) is 8.78. The van der Waals surface area contributed by atoms with Gasteiger partial charge in [-0.1, -0.05) is 128 Å². The highest BCUT2D eigenvalue weighted by Gasteiger charge is 2.19. The summed E-state index contributed by atoms with van der Waals surface area (Å²) < 4.78 is 0. The molecule has 1 heteroatoms. The molecule has 0 unspecified atom stereocenters. The van der Waals surface area contributed by atoms with Crippen LogP contribution in [0, 0.1) is 0 Å². The predicted octanol–water partition coefficient (Wildman–Crippen LogP) is 6.23. The number of rotatable bonds is 12. The number of hydrogen-bond donors (Lipinski definition) is 0. The minimum atomic E-state index is -0.987. The van der Waals surface area contributed by atoms with Crippen LogP contribution in [-0.4, -0.2) is 8.80 Å². The molecule has 0 aliphatic carbocycles. The first-order chi connectivity index (χ1) is 15.2. The Bertz CT molecular complexity index is 753. The van der Waals surface area contributed by atoms with Crippen LogP contribution < -0.4 is 15.6 Å². The van der Waals surface area contributed by atoms with Crippen molar-refractivity contribution in [3.05, 3.63) is 89.5 Å². The first-order valence-electron chi connectivity index (χ1n) is 12.4. The van der Waals surface area contributed by atoms with E-state index in [1.165, 1.54) is 90.0 Å². The normalized spacial score (nSPS) is 11.2. The first kappa shape index (κ1) is 23.5. The lowest BCUT2D eigenvalue weighted by atomic mass is 10.1. The molecule has 0 aliphatic heterocycles. The van der Waals surface area contributed by atoms with E-state index in [4.69, 9.17) is 0 Å². The van der Waals surface area contributed by atoms with Crippen LogP contribution in [0.2, 0.25) is 0 Å². The second kappa shape index (κ2) is 12.7. The van der Waals surface area contributed by atoms with Crippen molar-refractivity contribution < 1.29 is 0 Å². The van der Waals surface area contributed by atoms with E-state index >= 15 is 0 Å². The summed E-state index contributed by atoms with van der Waals surface area (Å²) in [5.74, 6) is 0. The van der Waals surface area contributed by atoms with Crippen molar-refractivity contribution in [1.29, 1.82) is 0 Å². The summed E-state index contributed by atoms with van der Waals surface area (Å²) in [6, 6.07) is 28.6. The van der Waals surface area contributed by atoms with Crippen molar-refractivity contribution in [3.63, 3.8) is 0 Å². The summed E-state index contributed by atoms with van der Waals surface area (Å²) in [7, 11) is -0.987. The molecular weight excluding hydrogens is 388 g/mol. The molecule has 3 rings (SSSR count). The lowest BCUT2D eigenvalue weighted by Crippen LogP contribution is -2.52. The maximum atomic E-state index is 2.40. The van der Waals surface area contributed by atoms with Crippen LogP contribution in [0.1, 0.15) is 76.0 Å². The smallest absolute Gasteiger partial charge is 0.0654 e. The largest absolute Gasteiger partial charge is 0.154 e. The van der Waals surface area contributed by atoms with Crippen LogP contribution >= 0.6 is 0 Å². The molecule has 0 spiro atoms. The van der Waals surface area contributed by atoms with E-state index < -0.39 is 8.80 Å². The molecule has 0 saturated carbocycles. The molecule has 0 atom stereocenters. The van der Waals surface area contributed by atoms with Gasteiger partial charge in [-0.15, -0.1) is 0 Å². The van der Waals surface area contributed by atoms with Crippen molar-refractivity contribution >= 4 is 24.4 Å². The Morgan fingerprint density at radius 2 is 0.677 bits per heavy atom. The lowest BCUT2D eigenvalue weighted by Gasteiger charge is -2.18. The minimum absolute atomic E-state index is 0.987. The number of benzene rings is 3. The minimum Gasteiger partial charge on any atom is -0.0654 e. The fourth-order valence-corrected chi connectivity index (χ4v) is 6.66. The Hall–Kier alpha value is -2.12. The van der Waals surface area contributed by atoms with Gasteiger partial charge in [-0.25, -0.2) is 0 Å². The monoisotopic (exact) mass is 427 g/mol. The molecule has 0 N–H and O–H groups in total. The maximum Gasteiger partial charge on any atom is 0.154 e. The number of unbranched alkanes of at least 4 members (excludes halogenated alkanes) is 3. The summed E-state index contributed by atoms with van der Waals surface area (Å²) in [6.45, 7) is 6.80. The van der Waals surface area contributed by atoms with Crippen molar-refractivity contribution in [3.8, 4) is 0 Å². The predicted molar refractivity (Wildman–Crippen MR) is 140 cm³/mol. The Morgan fingerprint density at radius 1 is 0.419 bits per heavy atom. The van der Waals surface area contributed by atoms with E-state index in [-0.39, 0.29) is 0 Å². The third kappa shape index (κ3) is 6.94. The van der Waals surface area contributed by atoms with Crippen LogP contribution in [0.25, 0.3) is 0 Å². The first-order valence-corrected chi connectivity index (χ1v) is 13.9. The SMILES string of the molecule is CCCCc1ccc([Si](c2ccc(CCCC)cc2)c2ccc(CCCC)cc2)cc1. The van der Waals surface area contributed by atoms with Crippen LogP contribution in [0.4, 0.5) is 0 Å². The zero-order valence-electron chi connectivity index (χ0n) is 19.8. The summed E-state index contributed by atoms with van der Waals surface area (Å²) in [5.41, 5.74) is 4.41. The topological polar surface area (TPSA) is 0 Å². The molecule has 0 aromatic heterocycles. The zero-order chi connectivity index (χ0) is 21.9. The van der Waals surface area contributed by atoms with E-state index in [2.05, 4.69) is 93.6 Å². The fraction of sp³-hybridized carbons (Fsp3) is 0.400. The summed E-state index contributed by atoms with van der Waals surface area (Å²) in [4.78, 5) is 0. The van der Waals surface area contributed by atoms with Gasteiger partial charge >= 0.3 is 0 Å². The molecule has 31 heavy (non-hydrogen) atoms. The molecule has 0 saturated heterocycles. The second-order valence-corrected chi connectivity index (χ2v) is 11.3. The molecule has 163 valence electrons. The molecule has 0 heterocycles. The Balaban J connectivity index is 1.90. The number of hydrogen-bond acceptors (Lipinski definition) is 0. The quantitative estimate of drug-likeness (QED) is 0.237. The molecule has 0 amide bonds. The third-order valence-corrected chi connectivity index (χ3v) is 8.92. The van der Waals surface area contributed by atoms with Gasteiger partial charge in [-0.2, -0.15) is 0 Å². The van der Waals surface area contributed by atoms with Gasteiger partial charge in [-0.05, 0) is 55.2 Å². The van der Waals surface area contributed by atoms with Crippen LogP contribution in [0.5, 0.6) is 0 Å². The van der Waals surface area contributed by atoms with E-state index in [9.17, 15) is 0 Å². The van der Waals surface area contributed by atoms with E-state index in [1.807, 2.05) is 0 Å². The standard InChI is InChI=1S/C30H39Si/c1-4-7-10-25-13-19-28(20-14-25)31(29-21-15-26(16-22-29)11-8-5-2)30-23-17-27(18-24-30)12-9-6-3/h13-24H,4-12H2,1-3H3. The maximum absolute atomic E-state index is 2.40. The summed E-state index contributed by atoms with van der Waals surface area (Å²) in [6.07, 6.45) is 11.2. The molecule has 3 aromatic carbocycles. The zero-order valence-corrected chi connectivity index (χ0v) is 20.8.